The largest absolute Gasteiger partial charge is 0.308 e. The van der Waals surface area contributed by atoms with Crippen LogP contribution in [0.1, 0.15) is 13.9 Å². The smallest absolute Gasteiger partial charge is 0.255 e. The van der Waals surface area contributed by atoms with Gasteiger partial charge in [0.05, 0.1) is 12.1 Å². The van der Waals surface area contributed by atoms with E-state index in [-0.39, 0.29) is 13.5 Å². The third-order valence-corrected chi connectivity index (χ3v) is 4.10. The molecule has 0 radical (unpaired) electrons. The monoisotopic (exact) mass is 345 g/mol. The number of halogens is 2. The third kappa shape index (κ3) is 3.74. The molecule has 4 nitrogen and oxygen atoms in total. The molecule has 0 saturated carbocycles. The van der Waals surface area contributed by atoms with Gasteiger partial charge in [0.1, 0.15) is 0 Å². The highest BCUT2D eigenvalue weighted by Crippen LogP contribution is 2.23. The highest BCUT2D eigenvalue weighted by molar-refractivity contribution is 5.85. The maximum atomic E-state index is 12.7. The average Bonchev–Trinajstić information content (AvgIpc) is 2.62. The first-order chi connectivity index (χ1) is 12.1. The van der Waals surface area contributed by atoms with Crippen molar-refractivity contribution in [2.24, 2.45) is 0 Å². The zero-order valence-electron chi connectivity index (χ0n) is 13.9. The molecule has 2 heterocycles. The summed E-state index contributed by atoms with van der Waals surface area (Å²) in [4.78, 5) is 16.8. The summed E-state index contributed by atoms with van der Waals surface area (Å²) in [6.07, 6.45) is 1.06. The maximum Gasteiger partial charge on any atom is 0.255 e. The lowest BCUT2D eigenvalue weighted by atomic mass is 10.0. The van der Waals surface area contributed by atoms with E-state index in [1.54, 1.807) is 23.0 Å². The van der Waals surface area contributed by atoms with E-state index in [0.29, 0.717) is 12.1 Å². The molecule has 3 aromatic rings. The predicted octanol–water partition coefficient (Wildman–Crippen LogP) is 3.68. The summed E-state index contributed by atoms with van der Waals surface area (Å²) in [5, 5.41) is 3.53. The number of hydrogen-bond acceptors (Lipinski definition) is 3. The van der Waals surface area contributed by atoms with Crippen molar-refractivity contribution in [3.05, 3.63) is 64.7 Å². The van der Waals surface area contributed by atoms with E-state index in [9.17, 15) is 13.6 Å². The predicted molar refractivity (Wildman–Crippen MR) is 96.9 cm³/mol. The van der Waals surface area contributed by atoms with Gasteiger partial charge in [-0.2, -0.15) is 0 Å². The topological polar surface area (TPSA) is 46.9 Å². The van der Waals surface area contributed by atoms with E-state index in [4.69, 9.17) is 0 Å². The first-order valence-electron chi connectivity index (χ1n) is 8.16. The van der Waals surface area contributed by atoms with E-state index in [1.807, 2.05) is 37.3 Å². The van der Waals surface area contributed by atoms with Gasteiger partial charge in [0.25, 0.3) is 12.0 Å². The van der Waals surface area contributed by atoms with E-state index < -0.39 is 13.0 Å². The molecule has 0 aliphatic heterocycles. The second-order valence-corrected chi connectivity index (χ2v) is 5.76. The Morgan fingerprint density at radius 1 is 1.24 bits per heavy atom. The summed E-state index contributed by atoms with van der Waals surface area (Å²) in [7, 11) is 0. The Bertz CT molecular complexity index is 929. The molecule has 0 aliphatic rings. The third-order valence-electron chi connectivity index (χ3n) is 4.10. The fraction of sp³-hybridized carbons (Fsp3) is 0.263. The summed E-state index contributed by atoms with van der Waals surface area (Å²) >= 11 is 0. The Balaban J connectivity index is 0.00000243. The van der Waals surface area contributed by atoms with Gasteiger partial charge in [0.2, 0.25) is 0 Å². The molecule has 0 atom stereocenters. The lowest BCUT2D eigenvalue weighted by Gasteiger charge is -2.13. The zero-order chi connectivity index (χ0) is 17.8. The fourth-order valence-corrected chi connectivity index (χ4v) is 2.90. The lowest BCUT2D eigenvalue weighted by Crippen LogP contribution is -2.29. The number of rotatable bonds is 6. The fourth-order valence-electron chi connectivity index (χ4n) is 2.90. The minimum absolute atomic E-state index is 0. The van der Waals surface area contributed by atoms with Crippen molar-refractivity contribution < 1.29 is 10.2 Å². The second-order valence-electron chi connectivity index (χ2n) is 5.76. The van der Waals surface area contributed by atoms with Crippen LogP contribution >= 0.6 is 0 Å². The molecule has 132 valence electrons. The molecular formula is C19H21F2N3O. The van der Waals surface area contributed by atoms with Crippen molar-refractivity contribution >= 4 is 10.9 Å². The zero-order valence-corrected chi connectivity index (χ0v) is 13.9. The van der Waals surface area contributed by atoms with Crippen molar-refractivity contribution in [2.45, 2.75) is 26.4 Å². The standard InChI is InChI=1S/C19H19F2N3O.H2/c1-2-24-17-9-13(15-4-3-7-22-10-15)5-6-14(17)8-16(19(24)25)11-23-12-18(20)21;/h3-10,18,23H,2,11-12H2,1H3;1H. The van der Waals surface area contributed by atoms with Gasteiger partial charge in [-0.05, 0) is 36.1 Å². The number of benzene rings is 1. The Kier molecular flexibility index (Phi) is 5.19. The molecule has 1 N–H and O–H groups in total. The summed E-state index contributed by atoms with van der Waals surface area (Å²) in [6, 6.07) is 11.5. The second kappa shape index (κ2) is 7.53. The minimum Gasteiger partial charge on any atom is -0.308 e. The molecule has 0 aliphatic carbocycles. The van der Waals surface area contributed by atoms with Crippen LogP contribution in [0.15, 0.2) is 53.6 Å². The summed E-state index contributed by atoms with van der Waals surface area (Å²) < 4.78 is 26.3. The molecule has 2 aromatic heterocycles. The highest BCUT2D eigenvalue weighted by atomic mass is 19.3. The van der Waals surface area contributed by atoms with Crippen LogP contribution < -0.4 is 10.9 Å². The van der Waals surface area contributed by atoms with Crippen LogP contribution in [0.25, 0.3) is 22.0 Å². The number of fused-ring (bicyclic) bond motifs is 1. The molecule has 0 spiro atoms. The Labute approximate surface area is 145 Å². The van der Waals surface area contributed by atoms with Gasteiger partial charge in [-0.25, -0.2) is 8.78 Å². The average molecular weight is 345 g/mol. The quantitative estimate of drug-likeness (QED) is 0.741. The summed E-state index contributed by atoms with van der Waals surface area (Å²) in [5.41, 5.74) is 3.11. The van der Waals surface area contributed by atoms with Gasteiger partial charge in [-0.3, -0.25) is 9.78 Å². The van der Waals surface area contributed by atoms with Gasteiger partial charge >= 0.3 is 0 Å². The van der Waals surface area contributed by atoms with E-state index in [1.165, 1.54) is 0 Å². The van der Waals surface area contributed by atoms with Crippen molar-refractivity contribution in [3.8, 4) is 11.1 Å². The molecule has 6 heteroatoms. The van der Waals surface area contributed by atoms with E-state index in [2.05, 4.69) is 10.3 Å². The number of aryl methyl sites for hydroxylation is 1. The molecule has 0 fully saturated rings. The maximum absolute atomic E-state index is 12.7. The number of nitrogens with one attached hydrogen (secondary N) is 1. The van der Waals surface area contributed by atoms with Crippen LogP contribution in [-0.4, -0.2) is 22.5 Å². The Hall–Kier alpha value is -2.60. The Morgan fingerprint density at radius 2 is 2.08 bits per heavy atom. The van der Waals surface area contributed by atoms with Gasteiger partial charge in [0, 0.05) is 38.0 Å². The van der Waals surface area contributed by atoms with E-state index in [0.717, 1.165) is 22.0 Å². The normalized spacial score (nSPS) is 11.4. The van der Waals surface area contributed by atoms with Gasteiger partial charge in [0.15, 0.2) is 0 Å². The molecule has 0 unspecified atom stereocenters. The first-order valence-corrected chi connectivity index (χ1v) is 8.16. The van der Waals surface area contributed by atoms with Crippen molar-refractivity contribution in [2.75, 3.05) is 6.54 Å². The van der Waals surface area contributed by atoms with E-state index >= 15 is 0 Å². The molecule has 3 rings (SSSR count). The van der Waals surface area contributed by atoms with Gasteiger partial charge in [-0.15, -0.1) is 0 Å². The van der Waals surface area contributed by atoms with Crippen molar-refractivity contribution in [3.63, 3.8) is 0 Å². The van der Waals surface area contributed by atoms with Gasteiger partial charge < -0.3 is 9.88 Å². The summed E-state index contributed by atoms with van der Waals surface area (Å²) in [6.45, 7) is 2.11. The number of alkyl halides is 2. The van der Waals surface area contributed by atoms with Crippen molar-refractivity contribution in [1.29, 1.82) is 0 Å². The summed E-state index contributed by atoms with van der Waals surface area (Å²) in [5.74, 6) is 0. The molecular weight excluding hydrogens is 324 g/mol. The van der Waals surface area contributed by atoms with Crippen LogP contribution in [0.2, 0.25) is 0 Å². The minimum atomic E-state index is -2.43. The SMILES string of the molecule is CCn1c(=O)c(CNCC(F)F)cc2ccc(-c3cccnc3)cc21.[HH]. The van der Waals surface area contributed by atoms with Crippen LogP contribution in [0.4, 0.5) is 8.78 Å². The molecule has 1 aromatic carbocycles. The van der Waals surface area contributed by atoms with Crippen LogP contribution in [0, 0.1) is 0 Å². The first kappa shape index (κ1) is 17.2. The number of pyridine rings is 2. The molecule has 0 saturated heterocycles. The molecule has 0 amide bonds. The molecule has 0 bridgehead atoms. The molecule has 25 heavy (non-hydrogen) atoms. The van der Waals surface area contributed by atoms with Crippen LogP contribution in [0.3, 0.4) is 0 Å². The number of aromatic nitrogens is 2. The van der Waals surface area contributed by atoms with Crippen molar-refractivity contribution in [1.82, 2.24) is 14.9 Å². The number of hydrogen-bond donors (Lipinski definition) is 1. The highest BCUT2D eigenvalue weighted by Gasteiger charge is 2.10. The Morgan fingerprint density at radius 3 is 2.76 bits per heavy atom. The lowest BCUT2D eigenvalue weighted by molar-refractivity contribution is 0.145. The van der Waals surface area contributed by atoms with Crippen LogP contribution in [-0.2, 0) is 13.1 Å². The van der Waals surface area contributed by atoms with Gasteiger partial charge in [-0.1, -0.05) is 18.2 Å². The number of nitrogens with zero attached hydrogens (tertiary/aromatic N) is 2. The van der Waals surface area contributed by atoms with Crippen LogP contribution in [0.5, 0.6) is 0 Å².